The highest BCUT2D eigenvalue weighted by molar-refractivity contribution is 5.91. The maximum absolute atomic E-state index is 12.3. The van der Waals surface area contributed by atoms with Crippen molar-refractivity contribution in [3.8, 4) is 0 Å². The number of piperidine rings is 1. The number of hydrogen-bond acceptors (Lipinski definition) is 6. The molecule has 8 heteroatoms. The van der Waals surface area contributed by atoms with Gasteiger partial charge in [0.05, 0.1) is 6.54 Å². The first-order valence-electron chi connectivity index (χ1n) is 8.64. The lowest BCUT2D eigenvalue weighted by Gasteiger charge is -2.43. The first kappa shape index (κ1) is 16.3. The van der Waals surface area contributed by atoms with Crippen molar-refractivity contribution < 1.29 is 14.4 Å². The van der Waals surface area contributed by atoms with E-state index in [4.69, 9.17) is 4.52 Å². The van der Waals surface area contributed by atoms with Crippen LogP contribution in [-0.2, 0) is 17.4 Å². The molecule has 0 unspecified atom stereocenters. The van der Waals surface area contributed by atoms with Crippen molar-refractivity contribution in [1.29, 1.82) is 0 Å². The predicted octanol–water partition coefficient (Wildman–Crippen LogP) is 1.17. The summed E-state index contributed by atoms with van der Waals surface area (Å²) in [4.78, 5) is 18.9. The highest BCUT2D eigenvalue weighted by Crippen LogP contribution is 2.44. The largest absolute Gasteiger partial charge is 0.382 e. The lowest BCUT2D eigenvalue weighted by atomic mass is 9.85. The summed E-state index contributed by atoms with van der Waals surface area (Å²) in [5.41, 5.74) is -0.916. The molecule has 2 aromatic heterocycles. The van der Waals surface area contributed by atoms with Crippen LogP contribution in [0.4, 0.5) is 5.82 Å². The van der Waals surface area contributed by atoms with Gasteiger partial charge in [-0.3, -0.25) is 9.69 Å². The van der Waals surface area contributed by atoms with Crippen LogP contribution < -0.4 is 5.32 Å². The molecule has 4 rings (SSSR count). The topological polar surface area (TPSA) is 96.4 Å². The van der Waals surface area contributed by atoms with Crippen LogP contribution in [0.5, 0.6) is 0 Å². The number of rotatable bonds is 4. The fourth-order valence-corrected chi connectivity index (χ4v) is 4.34. The Morgan fingerprint density at radius 3 is 2.72 bits per heavy atom. The van der Waals surface area contributed by atoms with Gasteiger partial charge >= 0.3 is 0 Å². The molecule has 2 aliphatic heterocycles. The Morgan fingerprint density at radius 2 is 2.16 bits per heavy atom. The lowest BCUT2D eigenvalue weighted by molar-refractivity contribution is -0.121. The van der Waals surface area contributed by atoms with E-state index in [1.54, 1.807) is 19.2 Å². The van der Waals surface area contributed by atoms with E-state index in [9.17, 15) is 9.90 Å². The third-order valence-corrected chi connectivity index (χ3v) is 5.38. The Morgan fingerprint density at radius 1 is 1.44 bits per heavy atom. The standard InChI is InChI=1S/C17H23N5O3/c1-11-7-14(20-25-11)19-15(23)10-22-12-3-4-13(22)9-17(24,8-12)16-18-5-6-21(16)2/h5-7,12-13,24H,3-4,8-10H2,1-2H3,(H,19,20,23)/t12-,13-/m1/s1. The van der Waals surface area contributed by atoms with Crippen LogP contribution in [0.15, 0.2) is 23.0 Å². The van der Waals surface area contributed by atoms with Crippen molar-refractivity contribution >= 4 is 11.7 Å². The number of carbonyl (C=O) groups excluding carboxylic acids is 1. The number of fused-ring (bicyclic) bond motifs is 2. The molecular formula is C17H23N5O3. The maximum atomic E-state index is 12.3. The highest BCUT2D eigenvalue weighted by atomic mass is 16.5. The average Bonchev–Trinajstić information content (AvgIpc) is 3.21. The number of nitrogens with one attached hydrogen (secondary N) is 1. The Bertz CT molecular complexity index is 769. The molecule has 0 saturated carbocycles. The van der Waals surface area contributed by atoms with Gasteiger partial charge in [0.15, 0.2) is 5.82 Å². The van der Waals surface area contributed by atoms with Crippen LogP contribution in [-0.4, -0.2) is 49.2 Å². The van der Waals surface area contributed by atoms with Crippen molar-refractivity contribution in [2.75, 3.05) is 11.9 Å². The Labute approximate surface area is 145 Å². The van der Waals surface area contributed by atoms with Gasteiger partial charge in [0, 0.05) is 37.6 Å². The summed E-state index contributed by atoms with van der Waals surface area (Å²) in [5.74, 6) is 1.71. The maximum Gasteiger partial charge on any atom is 0.239 e. The minimum atomic E-state index is -0.916. The summed E-state index contributed by atoms with van der Waals surface area (Å²) in [6.45, 7) is 2.09. The molecule has 2 fully saturated rings. The molecular weight excluding hydrogens is 322 g/mol. The van der Waals surface area contributed by atoms with Crippen molar-refractivity contribution in [2.24, 2.45) is 7.05 Å². The van der Waals surface area contributed by atoms with E-state index in [-0.39, 0.29) is 18.0 Å². The van der Waals surface area contributed by atoms with Gasteiger partial charge in [0.1, 0.15) is 17.2 Å². The van der Waals surface area contributed by atoms with E-state index in [0.29, 0.717) is 36.8 Å². The van der Waals surface area contributed by atoms with E-state index in [0.717, 1.165) is 12.8 Å². The molecule has 2 bridgehead atoms. The molecule has 2 N–H and O–H groups in total. The van der Waals surface area contributed by atoms with E-state index >= 15 is 0 Å². The molecule has 1 amide bonds. The van der Waals surface area contributed by atoms with Gasteiger partial charge in [-0.2, -0.15) is 0 Å². The van der Waals surface area contributed by atoms with Crippen LogP contribution in [0.1, 0.15) is 37.3 Å². The summed E-state index contributed by atoms with van der Waals surface area (Å²) >= 11 is 0. The minimum Gasteiger partial charge on any atom is -0.382 e. The van der Waals surface area contributed by atoms with Crippen LogP contribution in [0, 0.1) is 6.92 Å². The van der Waals surface area contributed by atoms with Crippen molar-refractivity contribution in [3.63, 3.8) is 0 Å². The number of nitrogens with zero attached hydrogens (tertiary/aromatic N) is 4. The zero-order valence-electron chi connectivity index (χ0n) is 14.5. The fourth-order valence-electron chi connectivity index (χ4n) is 4.34. The van der Waals surface area contributed by atoms with E-state index in [1.807, 2.05) is 17.8 Å². The number of hydrogen-bond donors (Lipinski definition) is 2. The van der Waals surface area contributed by atoms with Gasteiger partial charge in [0.2, 0.25) is 5.91 Å². The number of aliphatic hydroxyl groups is 1. The van der Waals surface area contributed by atoms with E-state index in [2.05, 4.69) is 20.4 Å². The van der Waals surface area contributed by atoms with Gasteiger partial charge in [-0.05, 0) is 32.6 Å². The van der Waals surface area contributed by atoms with E-state index < -0.39 is 5.60 Å². The second-order valence-corrected chi connectivity index (χ2v) is 7.23. The monoisotopic (exact) mass is 345 g/mol. The average molecular weight is 345 g/mol. The summed E-state index contributed by atoms with van der Waals surface area (Å²) in [6.07, 6.45) is 6.76. The quantitative estimate of drug-likeness (QED) is 0.863. The van der Waals surface area contributed by atoms with Crippen molar-refractivity contribution in [3.05, 3.63) is 30.0 Å². The zero-order chi connectivity index (χ0) is 17.6. The predicted molar refractivity (Wildman–Crippen MR) is 89.7 cm³/mol. The number of amides is 1. The molecule has 0 aliphatic carbocycles. The van der Waals surface area contributed by atoms with Gasteiger partial charge < -0.3 is 19.5 Å². The molecule has 4 heterocycles. The Hall–Kier alpha value is -2.19. The number of anilines is 1. The van der Waals surface area contributed by atoms with Crippen LogP contribution in [0.3, 0.4) is 0 Å². The van der Waals surface area contributed by atoms with Gasteiger partial charge in [-0.25, -0.2) is 4.98 Å². The molecule has 2 saturated heterocycles. The lowest BCUT2D eigenvalue weighted by Crippen LogP contribution is -2.52. The third kappa shape index (κ3) is 2.96. The normalized spacial score (nSPS) is 29.1. The molecule has 2 aromatic rings. The fraction of sp³-hybridized carbons (Fsp3) is 0.588. The summed E-state index contributed by atoms with van der Waals surface area (Å²) < 4.78 is 6.85. The Balaban J connectivity index is 1.44. The zero-order valence-corrected chi connectivity index (χ0v) is 14.5. The second-order valence-electron chi connectivity index (χ2n) is 7.23. The first-order chi connectivity index (χ1) is 11.9. The molecule has 0 spiro atoms. The van der Waals surface area contributed by atoms with E-state index in [1.165, 1.54) is 0 Å². The molecule has 2 atom stereocenters. The van der Waals surface area contributed by atoms with Crippen LogP contribution in [0.25, 0.3) is 0 Å². The smallest absolute Gasteiger partial charge is 0.239 e. The molecule has 25 heavy (non-hydrogen) atoms. The second kappa shape index (κ2) is 5.96. The summed E-state index contributed by atoms with van der Waals surface area (Å²) in [5, 5.41) is 17.7. The molecule has 2 aliphatic rings. The molecule has 8 nitrogen and oxygen atoms in total. The van der Waals surface area contributed by atoms with Crippen molar-refractivity contribution in [1.82, 2.24) is 19.6 Å². The number of carbonyl (C=O) groups is 1. The number of aryl methyl sites for hydroxylation is 2. The van der Waals surface area contributed by atoms with Crippen LogP contribution in [0.2, 0.25) is 0 Å². The first-order valence-corrected chi connectivity index (χ1v) is 8.64. The van der Waals surface area contributed by atoms with Gasteiger partial charge in [-0.15, -0.1) is 0 Å². The summed E-state index contributed by atoms with van der Waals surface area (Å²) in [6, 6.07) is 2.07. The molecule has 134 valence electrons. The molecule has 0 radical (unpaired) electrons. The Kier molecular flexibility index (Phi) is 3.88. The van der Waals surface area contributed by atoms with Crippen LogP contribution >= 0.6 is 0 Å². The summed E-state index contributed by atoms with van der Waals surface area (Å²) in [7, 11) is 1.90. The van der Waals surface area contributed by atoms with Gasteiger partial charge in [-0.1, -0.05) is 5.16 Å². The van der Waals surface area contributed by atoms with Gasteiger partial charge in [0.25, 0.3) is 0 Å². The highest BCUT2D eigenvalue weighted by Gasteiger charge is 2.50. The molecule has 0 aromatic carbocycles. The minimum absolute atomic E-state index is 0.104. The SMILES string of the molecule is Cc1cc(NC(=O)CN2[C@@H]3CC[C@@H]2CC(O)(c2nccn2C)C3)no1. The third-order valence-electron chi connectivity index (χ3n) is 5.38. The number of imidazole rings is 1. The number of aromatic nitrogens is 3. The van der Waals surface area contributed by atoms with Crippen molar-refractivity contribution in [2.45, 2.75) is 50.3 Å².